The Bertz CT molecular complexity index is 1250. The summed E-state index contributed by atoms with van der Waals surface area (Å²) in [5, 5.41) is 9.51. The predicted molar refractivity (Wildman–Crippen MR) is 133 cm³/mol. The van der Waals surface area contributed by atoms with E-state index in [-0.39, 0.29) is 22.3 Å². The van der Waals surface area contributed by atoms with Crippen molar-refractivity contribution < 1.29 is 19.1 Å². The monoisotopic (exact) mass is 518 g/mol. The van der Waals surface area contributed by atoms with E-state index in [2.05, 4.69) is 21.2 Å². The van der Waals surface area contributed by atoms with Gasteiger partial charge in [0.2, 0.25) is 0 Å². The average molecular weight is 520 g/mol. The quantitative estimate of drug-likeness (QED) is 0.238. The molecule has 0 saturated carbocycles. The van der Waals surface area contributed by atoms with Gasteiger partial charge in [-0.3, -0.25) is 14.4 Å². The number of para-hydroxylation sites is 2. The average Bonchev–Trinajstić information content (AvgIpc) is 2.82. The summed E-state index contributed by atoms with van der Waals surface area (Å²) in [5.74, 6) is -2.08. The van der Waals surface area contributed by atoms with Gasteiger partial charge in [0.25, 0.3) is 5.91 Å². The molecule has 8 nitrogen and oxygen atoms in total. The maximum absolute atomic E-state index is 12.2. The van der Waals surface area contributed by atoms with Gasteiger partial charge in [-0.25, -0.2) is 5.43 Å². The normalized spacial score (nSPS) is 10.6. The highest BCUT2D eigenvalue weighted by Gasteiger charge is 2.15. The van der Waals surface area contributed by atoms with Gasteiger partial charge in [-0.05, 0) is 36.4 Å². The van der Waals surface area contributed by atoms with Crippen LogP contribution in [-0.2, 0) is 14.4 Å². The zero-order chi connectivity index (χ0) is 24.5. The van der Waals surface area contributed by atoms with Crippen LogP contribution < -0.4 is 20.8 Å². The van der Waals surface area contributed by atoms with Gasteiger partial charge in [-0.2, -0.15) is 5.10 Å². The molecule has 0 atom stereocenters. The van der Waals surface area contributed by atoms with Gasteiger partial charge in [0.15, 0.2) is 6.61 Å². The number of hydrazone groups is 1. The summed E-state index contributed by atoms with van der Waals surface area (Å²) in [4.78, 5) is 36.3. The van der Waals surface area contributed by atoms with Crippen molar-refractivity contribution in [3.63, 3.8) is 0 Å². The number of carbonyl (C=O) groups excluding carboxylic acids is 3. The van der Waals surface area contributed by atoms with Crippen LogP contribution in [0, 0.1) is 0 Å². The third-order valence-corrected chi connectivity index (χ3v) is 5.35. The maximum atomic E-state index is 12.2. The lowest BCUT2D eigenvalue weighted by molar-refractivity contribution is -0.136. The molecule has 3 N–H and O–H groups in total. The van der Waals surface area contributed by atoms with Crippen molar-refractivity contribution in [2.75, 3.05) is 17.2 Å². The summed E-state index contributed by atoms with van der Waals surface area (Å²) in [6, 6.07) is 18.1. The topological polar surface area (TPSA) is 109 Å². The number of nitrogens with one attached hydrogen (secondary N) is 3. The van der Waals surface area contributed by atoms with Gasteiger partial charge >= 0.3 is 11.8 Å². The molecular formula is C23H17Cl3N4O4. The lowest BCUT2D eigenvalue weighted by Crippen LogP contribution is -2.32. The van der Waals surface area contributed by atoms with E-state index < -0.39 is 17.7 Å². The van der Waals surface area contributed by atoms with Crippen molar-refractivity contribution >= 4 is 70.1 Å². The first-order valence-electron chi connectivity index (χ1n) is 9.69. The summed E-state index contributed by atoms with van der Waals surface area (Å²) in [7, 11) is 0. The minimum Gasteiger partial charge on any atom is -0.483 e. The van der Waals surface area contributed by atoms with Crippen molar-refractivity contribution in [3.05, 3.63) is 87.4 Å². The predicted octanol–water partition coefficient (Wildman–Crippen LogP) is 4.75. The van der Waals surface area contributed by atoms with Crippen LogP contribution in [0.3, 0.4) is 0 Å². The largest absolute Gasteiger partial charge is 0.483 e. The van der Waals surface area contributed by atoms with Crippen LogP contribution in [0.25, 0.3) is 0 Å². The van der Waals surface area contributed by atoms with Gasteiger partial charge in [0.05, 0.1) is 32.7 Å². The van der Waals surface area contributed by atoms with Crippen molar-refractivity contribution in [2.24, 2.45) is 5.10 Å². The molecule has 174 valence electrons. The molecule has 0 aliphatic heterocycles. The maximum Gasteiger partial charge on any atom is 0.329 e. The molecule has 0 unspecified atom stereocenters. The molecule has 0 spiro atoms. The molecule has 0 radical (unpaired) electrons. The van der Waals surface area contributed by atoms with Crippen LogP contribution in [0.1, 0.15) is 5.56 Å². The number of halogens is 3. The highest BCUT2D eigenvalue weighted by atomic mass is 35.5. The molecule has 0 heterocycles. The van der Waals surface area contributed by atoms with E-state index in [4.69, 9.17) is 39.5 Å². The molecule has 0 aliphatic carbocycles. The second kappa shape index (κ2) is 12.0. The molecule has 0 saturated heterocycles. The Morgan fingerprint density at radius 2 is 1.47 bits per heavy atom. The van der Waals surface area contributed by atoms with E-state index in [1.165, 1.54) is 12.3 Å². The zero-order valence-electron chi connectivity index (χ0n) is 17.3. The fourth-order valence-corrected chi connectivity index (χ4v) is 3.13. The molecule has 0 fully saturated rings. The lowest BCUT2D eigenvalue weighted by atomic mass is 10.2. The minimum absolute atomic E-state index is 0.110. The van der Waals surface area contributed by atoms with Gasteiger partial charge in [-0.15, -0.1) is 0 Å². The molecule has 3 aromatic rings. The fourth-order valence-electron chi connectivity index (χ4n) is 2.60. The van der Waals surface area contributed by atoms with E-state index in [0.717, 1.165) is 0 Å². The smallest absolute Gasteiger partial charge is 0.329 e. The van der Waals surface area contributed by atoms with Crippen LogP contribution in [0.4, 0.5) is 11.4 Å². The summed E-state index contributed by atoms with van der Waals surface area (Å²) >= 11 is 17.9. The van der Waals surface area contributed by atoms with Gasteiger partial charge in [0, 0.05) is 5.56 Å². The first kappa shape index (κ1) is 25.0. The number of rotatable bonds is 7. The van der Waals surface area contributed by atoms with E-state index in [1.807, 2.05) is 0 Å². The standard InChI is InChI=1S/C23H17Cl3N4O4/c24-15-7-2-3-9-17(15)28-20(31)13-34-19-11-4-1-6-14(19)12-27-30-23(33)22(32)29-18-10-5-8-16(25)21(18)26/h1-12H,13H2,(H,28,31)(H,29,32)(H,30,33)/b27-12-. The van der Waals surface area contributed by atoms with Gasteiger partial charge in [-0.1, -0.05) is 65.1 Å². The zero-order valence-corrected chi connectivity index (χ0v) is 19.6. The lowest BCUT2D eigenvalue weighted by Gasteiger charge is -2.10. The second-order valence-electron chi connectivity index (χ2n) is 6.61. The Morgan fingerprint density at radius 1 is 0.794 bits per heavy atom. The number of ether oxygens (including phenoxy) is 1. The Labute approximate surface area is 209 Å². The SMILES string of the molecule is O=C(COc1ccccc1/C=N\NC(=O)C(=O)Nc1cccc(Cl)c1Cl)Nc1ccccc1Cl. The fraction of sp³-hybridized carbons (Fsp3) is 0.0435. The summed E-state index contributed by atoms with van der Waals surface area (Å²) < 4.78 is 5.55. The van der Waals surface area contributed by atoms with Crippen LogP contribution in [0.5, 0.6) is 5.75 Å². The molecule has 3 amide bonds. The van der Waals surface area contributed by atoms with E-state index in [0.29, 0.717) is 22.0 Å². The molecule has 0 bridgehead atoms. The van der Waals surface area contributed by atoms with Crippen LogP contribution >= 0.6 is 34.8 Å². The van der Waals surface area contributed by atoms with Crippen LogP contribution in [-0.4, -0.2) is 30.5 Å². The highest BCUT2D eigenvalue weighted by Crippen LogP contribution is 2.29. The molecule has 11 heteroatoms. The Kier molecular flexibility index (Phi) is 8.86. The summed E-state index contributed by atoms with van der Waals surface area (Å²) in [6.07, 6.45) is 1.28. The Balaban J connectivity index is 1.55. The highest BCUT2D eigenvalue weighted by molar-refractivity contribution is 6.45. The second-order valence-corrected chi connectivity index (χ2v) is 7.80. The summed E-state index contributed by atoms with van der Waals surface area (Å²) in [5.41, 5.74) is 3.23. The number of benzene rings is 3. The number of hydrogen-bond donors (Lipinski definition) is 3. The third kappa shape index (κ3) is 6.95. The van der Waals surface area contributed by atoms with Crippen molar-refractivity contribution in [3.8, 4) is 5.75 Å². The number of carbonyl (C=O) groups is 3. The van der Waals surface area contributed by atoms with Gasteiger partial charge in [0.1, 0.15) is 5.75 Å². The molecule has 34 heavy (non-hydrogen) atoms. The molecule has 0 aromatic heterocycles. The Hall–Kier alpha value is -3.59. The van der Waals surface area contributed by atoms with Crippen molar-refractivity contribution in [1.82, 2.24) is 5.43 Å². The Morgan fingerprint density at radius 3 is 2.26 bits per heavy atom. The van der Waals surface area contributed by atoms with Gasteiger partial charge < -0.3 is 15.4 Å². The van der Waals surface area contributed by atoms with E-state index >= 15 is 0 Å². The molecule has 3 aromatic carbocycles. The van der Waals surface area contributed by atoms with Crippen molar-refractivity contribution in [2.45, 2.75) is 0 Å². The van der Waals surface area contributed by atoms with E-state index in [1.54, 1.807) is 60.7 Å². The summed E-state index contributed by atoms with van der Waals surface area (Å²) in [6.45, 7) is -0.286. The number of nitrogens with zero attached hydrogens (tertiary/aromatic N) is 1. The number of anilines is 2. The molecular weight excluding hydrogens is 503 g/mol. The minimum atomic E-state index is -1.02. The van der Waals surface area contributed by atoms with Crippen molar-refractivity contribution in [1.29, 1.82) is 0 Å². The molecule has 0 aliphatic rings. The van der Waals surface area contributed by atoms with Crippen LogP contribution in [0.2, 0.25) is 15.1 Å². The number of amides is 3. The van der Waals surface area contributed by atoms with E-state index in [9.17, 15) is 14.4 Å². The first-order chi connectivity index (χ1) is 16.3. The third-order valence-electron chi connectivity index (χ3n) is 4.20. The molecule has 3 rings (SSSR count). The van der Waals surface area contributed by atoms with Crippen LogP contribution in [0.15, 0.2) is 71.8 Å². The number of hydrogen-bond acceptors (Lipinski definition) is 5. The first-order valence-corrected chi connectivity index (χ1v) is 10.8.